The van der Waals surface area contributed by atoms with E-state index in [9.17, 15) is 18.8 Å². The van der Waals surface area contributed by atoms with Crippen LogP contribution >= 0.6 is 11.6 Å². The summed E-state index contributed by atoms with van der Waals surface area (Å²) in [5.41, 5.74) is -0.141. The fourth-order valence-corrected chi connectivity index (χ4v) is 6.19. The number of ether oxygens (including phenoxy) is 3. The quantitative estimate of drug-likeness (QED) is 0.157. The topological polar surface area (TPSA) is 120 Å². The minimum absolute atomic E-state index is 0.0127. The van der Waals surface area contributed by atoms with Gasteiger partial charge in [-0.2, -0.15) is 0 Å². The number of nitrogens with one attached hydrogen (secondary N) is 1. The molecule has 0 spiro atoms. The highest BCUT2D eigenvalue weighted by Gasteiger charge is 2.47. The van der Waals surface area contributed by atoms with Crippen LogP contribution < -0.4 is 10.1 Å². The molecular formula is C33H40ClFN4O6. The fraction of sp³-hybridized carbons (Fsp3) is 0.545. The number of alkyl carbamates (subject to hydrolysis) is 1. The minimum Gasteiger partial charge on any atom is -0.470 e. The van der Waals surface area contributed by atoms with Crippen molar-refractivity contribution < 1.29 is 33.0 Å². The lowest BCUT2D eigenvalue weighted by molar-refractivity contribution is -0.152. The number of hydrogen-bond acceptors (Lipinski definition) is 8. The third-order valence-corrected chi connectivity index (χ3v) is 8.58. The van der Waals surface area contributed by atoms with Crippen molar-refractivity contribution in [2.75, 3.05) is 13.7 Å². The van der Waals surface area contributed by atoms with Crippen LogP contribution in [0.15, 0.2) is 30.9 Å². The lowest BCUT2D eigenvalue weighted by Gasteiger charge is -2.35. The number of amides is 2. The summed E-state index contributed by atoms with van der Waals surface area (Å²) in [4.78, 5) is 50.0. The zero-order chi connectivity index (χ0) is 32.9. The number of halogens is 2. The Morgan fingerprint density at radius 2 is 2.00 bits per heavy atom. The molecule has 1 saturated heterocycles. The first kappa shape index (κ1) is 34.0. The van der Waals surface area contributed by atoms with Gasteiger partial charge in [0.1, 0.15) is 30.1 Å². The molecule has 2 heterocycles. The summed E-state index contributed by atoms with van der Waals surface area (Å²) >= 11 is 6.31. The first-order valence-corrected chi connectivity index (χ1v) is 15.4. The Morgan fingerprint density at radius 3 is 2.67 bits per heavy atom. The molecule has 1 aliphatic carbocycles. The monoisotopic (exact) mass is 642 g/mol. The predicted molar refractivity (Wildman–Crippen MR) is 167 cm³/mol. The highest BCUT2D eigenvalue weighted by Crippen LogP contribution is 2.37. The molecule has 12 heteroatoms. The van der Waals surface area contributed by atoms with Gasteiger partial charge in [0.15, 0.2) is 5.15 Å². The molecule has 0 radical (unpaired) electrons. The van der Waals surface area contributed by atoms with E-state index in [0.717, 1.165) is 25.7 Å². The first-order valence-electron chi connectivity index (χ1n) is 15.1. The maximum Gasteiger partial charge on any atom is 0.408 e. The van der Waals surface area contributed by atoms with Crippen molar-refractivity contribution >= 4 is 40.6 Å². The second-order valence-corrected chi connectivity index (χ2v) is 13.0. The number of esters is 1. The highest BCUT2D eigenvalue weighted by atomic mass is 35.5. The van der Waals surface area contributed by atoms with E-state index in [2.05, 4.69) is 27.8 Å². The van der Waals surface area contributed by atoms with E-state index in [1.165, 1.54) is 30.2 Å². The SMILES string of the molecule is C#C[C@@H]1C[C@@H](CCCC=C)[C@H](OC(=O)N[C@H](C(=O)N2C[C@H](Oc3nc4cc(F)ccc4nc3Cl)C[C@H]2C(=O)OC)C(C)(C)C)C1. The Bertz CT molecular complexity index is 1470. The van der Waals surface area contributed by atoms with Crippen LogP contribution in [0.4, 0.5) is 9.18 Å². The Morgan fingerprint density at radius 1 is 1.24 bits per heavy atom. The molecule has 0 bridgehead atoms. The summed E-state index contributed by atoms with van der Waals surface area (Å²) < 4.78 is 30.7. The molecule has 2 aromatic rings. The van der Waals surface area contributed by atoms with E-state index >= 15 is 0 Å². The number of nitrogens with zero attached hydrogens (tertiary/aromatic N) is 3. The second-order valence-electron chi connectivity index (χ2n) is 12.7. The van der Waals surface area contributed by atoms with E-state index in [-0.39, 0.29) is 47.5 Å². The summed E-state index contributed by atoms with van der Waals surface area (Å²) in [5, 5.41) is 2.72. The fourth-order valence-electron chi connectivity index (χ4n) is 6.01. The zero-order valence-corrected chi connectivity index (χ0v) is 26.8. The van der Waals surface area contributed by atoms with Crippen LogP contribution in [0.2, 0.25) is 5.15 Å². The predicted octanol–water partition coefficient (Wildman–Crippen LogP) is 5.47. The smallest absolute Gasteiger partial charge is 0.408 e. The van der Waals surface area contributed by atoms with E-state index in [1.54, 1.807) is 20.8 Å². The number of allylic oxidation sites excluding steroid dienone is 1. The Balaban J connectivity index is 1.50. The van der Waals surface area contributed by atoms with Gasteiger partial charge in [0, 0.05) is 18.4 Å². The van der Waals surface area contributed by atoms with Crippen molar-refractivity contribution in [2.24, 2.45) is 17.3 Å². The number of rotatable bonds is 10. The number of fused-ring (bicyclic) bond motifs is 1. The molecule has 0 unspecified atom stereocenters. The van der Waals surface area contributed by atoms with Crippen LogP contribution in [0.25, 0.3) is 11.0 Å². The number of unbranched alkanes of at least 4 members (excludes halogenated alkanes) is 1. The zero-order valence-electron chi connectivity index (χ0n) is 26.1. The average molecular weight is 643 g/mol. The molecule has 1 saturated carbocycles. The van der Waals surface area contributed by atoms with Crippen LogP contribution in [0.3, 0.4) is 0 Å². The largest absolute Gasteiger partial charge is 0.470 e. The van der Waals surface area contributed by atoms with Gasteiger partial charge in [0.25, 0.3) is 5.88 Å². The first-order chi connectivity index (χ1) is 21.3. The Hall–Kier alpha value is -3.91. The van der Waals surface area contributed by atoms with E-state index in [0.29, 0.717) is 11.9 Å². The third-order valence-electron chi connectivity index (χ3n) is 8.33. The van der Waals surface area contributed by atoms with Crippen molar-refractivity contribution in [3.63, 3.8) is 0 Å². The van der Waals surface area contributed by atoms with Crippen molar-refractivity contribution in [1.29, 1.82) is 0 Å². The Kier molecular flexibility index (Phi) is 10.9. The van der Waals surface area contributed by atoms with E-state index in [4.69, 9.17) is 32.2 Å². The van der Waals surface area contributed by atoms with Crippen molar-refractivity contribution in [3.05, 3.63) is 41.8 Å². The maximum atomic E-state index is 14.1. The normalized spacial score (nSPS) is 23.7. The van der Waals surface area contributed by atoms with Crippen molar-refractivity contribution in [1.82, 2.24) is 20.2 Å². The molecule has 1 aromatic carbocycles. The highest BCUT2D eigenvalue weighted by molar-refractivity contribution is 6.31. The van der Waals surface area contributed by atoms with Gasteiger partial charge in [0.05, 0.1) is 24.7 Å². The molecule has 45 heavy (non-hydrogen) atoms. The summed E-state index contributed by atoms with van der Waals surface area (Å²) in [7, 11) is 1.23. The van der Waals surface area contributed by atoms with Gasteiger partial charge in [-0.15, -0.1) is 18.9 Å². The minimum atomic E-state index is -1.05. The molecule has 1 aliphatic heterocycles. The number of methoxy groups -OCH3 is 1. The summed E-state index contributed by atoms with van der Waals surface area (Å²) in [6.45, 7) is 9.15. The van der Waals surface area contributed by atoms with E-state index in [1.807, 2.05) is 6.08 Å². The van der Waals surface area contributed by atoms with Crippen LogP contribution in [-0.4, -0.2) is 70.8 Å². The van der Waals surface area contributed by atoms with Gasteiger partial charge < -0.3 is 24.4 Å². The van der Waals surface area contributed by atoms with Crippen LogP contribution in [0.5, 0.6) is 5.88 Å². The van der Waals surface area contributed by atoms with Gasteiger partial charge in [-0.25, -0.2) is 23.9 Å². The van der Waals surface area contributed by atoms with Gasteiger partial charge in [-0.1, -0.05) is 38.4 Å². The number of benzene rings is 1. The van der Waals surface area contributed by atoms with Crippen molar-refractivity contribution in [3.8, 4) is 18.2 Å². The molecule has 4 rings (SSSR count). The van der Waals surface area contributed by atoms with Gasteiger partial charge in [-0.3, -0.25) is 4.79 Å². The molecule has 10 nitrogen and oxygen atoms in total. The van der Waals surface area contributed by atoms with Gasteiger partial charge >= 0.3 is 12.1 Å². The second kappa shape index (κ2) is 14.5. The standard InChI is InChI=1S/C33H40ClFN4O6/c1-7-9-10-11-20-14-19(8-2)15-26(20)45-32(42)38-27(33(3,4)5)30(40)39-18-22(17-25(39)31(41)43-6)44-29-28(34)36-23-13-12-21(35)16-24(23)37-29/h2,7,12-13,16,19-20,22,25-27H,1,9-11,14-15,17-18H2,3-6H3,(H,38,42)/t19-,20-,22-,25+,26-,27-/m1/s1. The number of carbonyl (C=O) groups is 3. The Labute approximate surface area is 268 Å². The molecule has 2 aliphatic rings. The summed E-state index contributed by atoms with van der Waals surface area (Å²) in [6, 6.07) is 1.85. The van der Waals surface area contributed by atoms with Crippen molar-refractivity contribution in [2.45, 2.75) is 83.6 Å². The van der Waals surface area contributed by atoms with E-state index < -0.39 is 47.4 Å². The summed E-state index contributed by atoms with van der Waals surface area (Å²) in [5.74, 6) is 1.20. The molecule has 6 atom stereocenters. The van der Waals surface area contributed by atoms with Crippen LogP contribution in [0.1, 0.15) is 59.3 Å². The number of carbonyl (C=O) groups excluding carboxylic acids is 3. The molecular weight excluding hydrogens is 603 g/mol. The third kappa shape index (κ3) is 8.23. The number of likely N-dealkylation sites (tertiary alicyclic amines) is 1. The van der Waals surface area contributed by atoms with Gasteiger partial charge in [-0.05, 0) is 55.6 Å². The molecule has 2 amide bonds. The number of hydrogen-bond donors (Lipinski definition) is 1. The molecule has 1 N–H and O–H groups in total. The lowest BCUT2D eigenvalue weighted by Crippen LogP contribution is -2.57. The lowest BCUT2D eigenvalue weighted by atomic mass is 9.85. The maximum absolute atomic E-state index is 14.1. The summed E-state index contributed by atoms with van der Waals surface area (Å²) in [6.07, 6.45) is 9.73. The number of aromatic nitrogens is 2. The van der Waals surface area contributed by atoms with Crippen LogP contribution in [0, 0.1) is 35.4 Å². The number of terminal acetylenes is 1. The molecule has 2 fully saturated rings. The van der Waals surface area contributed by atoms with Gasteiger partial charge in [0.2, 0.25) is 5.91 Å². The molecule has 242 valence electrons. The van der Waals surface area contributed by atoms with Crippen LogP contribution in [-0.2, 0) is 19.1 Å². The molecule has 1 aromatic heterocycles. The average Bonchev–Trinajstić information content (AvgIpc) is 3.59.